The molecule has 0 radical (unpaired) electrons. The van der Waals surface area contributed by atoms with Crippen LogP contribution < -0.4 is 20.9 Å². The average molecular weight is 376 g/mol. The molecule has 3 rings (SSSR count). The first-order valence-corrected chi connectivity index (χ1v) is 8.86. The number of benzene rings is 1. The summed E-state index contributed by atoms with van der Waals surface area (Å²) in [6, 6.07) is 4.59. The van der Waals surface area contributed by atoms with Crippen LogP contribution in [0.5, 0.6) is 0 Å². The summed E-state index contributed by atoms with van der Waals surface area (Å²) in [6.45, 7) is 4.47. The van der Waals surface area contributed by atoms with E-state index in [1.165, 1.54) is 6.07 Å². The van der Waals surface area contributed by atoms with E-state index in [-0.39, 0.29) is 6.54 Å². The van der Waals surface area contributed by atoms with Crippen LogP contribution in [-0.2, 0) is 0 Å². The molecule has 9 heteroatoms. The highest BCUT2D eigenvalue weighted by Gasteiger charge is 2.15. The maximum absolute atomic E-state index is 13.5. The second kappa shape index (κ2) is 8.61. The van der Waals surface area contributed by atoms with E-state index in [1.807, 2.05) is 13.0 Å². The van der Waals surface area contributed by atoms with Gasteiger partial charge in [-0.05, 0) is 31.9 Å². The van der Waals surface area contributed by atoms with Crippen LogP contribution in [0.15, 0.2) is 24.3 Å². The van der Waals surface area contributed by atoms with E-state index < -0.39 is 23.4 Å². The lowest BCUT2D eigenvalue weighted by molar-refractivity contribution is 0.252. The zero-order valence-electron chi connectivity index (χ0n) is 15.1. The minimum atomic E-state index is -0.825. The number of carbonyl (C=O) groups excluding carboxylic acids is 1. The van der Waals surface area contributed by atoms with Gasteiger partial charge in [0.2, 0.25) is 0 Å². The van der Waals surface area contributed by atoms with Crippen molar-refractivity contribution >= 4 is 23.4 Å². The number of nitrogens with zero attached hydrogens (tertiary/aromatic N) is 3. The lowest BCUT2D eigenvalue weighted by Crippen LogP contribution is -2.33. The Morgan fingerprint density at radius 2 is 1.85 bits per heavy atom. The number of aromatic nitrogens is 2. The molecule has 3 N–H and O–H groups in total. The van der Waals surface area contributed by atoms with Gasteiger partial charge >= 0.3 is 6.03 Å². The number of urea groups is 1. The smallest absolute Gasteiger partial charge is 0.319 e. The Morgan fingerprint density at radius 1 is 1.15 bits per heavy atom. The molecule has 27 heavy (non-hydrogen) atoms. The quantitative estimate of drug-likeness (QED) is 0.676. The van der Waals surface area contributed by atoms with Crippen molar-refractivity contribution in [1.29, 1.82) is 0 Å². The second-order valence-corrected chi connectivity index (χ2v) is 6.26. The maximum Gasteiger partial charge on any atom is 0.319 e. The predicted molar refractivity (Wildman–Crippen MR) is 100 cm³/mol. The van der Waals surface area contributed by atoms with E-state index in [0.717, 1.165) is 43.9 Å². The molecule has 1 aliphatic rings. The topological polar surface area (TPSA) is 82.2 Å². The number of hydrogen-bond donors (Lipinski definition) is 3. The highest BCUT2D eigenvalue weighted by Crippen LogP contribution is 2.20. The monoisotopic (exact) mass is 376 g/mol. The summed E-state index contributed by atoms with van der Waals surface area (Å²) in [5.74, 6) is 0.584. The van der Waals surface area contributed by atoms with Gasteiger partial charge in [-0.25, -0.2) is 23.5 Å². The van der Waals surface area contributed by atoms with Crippen molar-refractivity contribution in [2.24, 2.45) is 0 Å². The Bertz CT molecular complexity index is 790. The van der Waals surface area contributed by atoms with E-state index in [1.54, 1.807) is 0 Å². The molecule has 0 unspecified atom stereocenters. The molecule has 0 saturated carbocycles. The first kappa shape index (κ1) is 18.8. The van der Waals surface area contributed by atoms with Gasteiger partial charge in [0.15, 0.2) is 0 Å². The van der Waals surface area contributed by atoms with Gasteiger partial charge in [0.25, 0.3) is 0 Å². The van der Waals surface area contributed by atoms with Crippen LogP contribution in [0.3, 0.4) is 0 Å². The molecular formula is C18H22F2N6O. The Balaban J connectivity index is 1.48. The molecule has 1 aromatic carbocycles. The normalized spacial score (nSPS) is 13.5. The minimum Gasteiger partial charge on any atom is -0.368 e. The van der Waals surface area contributed by atoms with Crippen LogP contribution in [0.4, 0.5) is 30.9 Å². The van der Waals surface area contributed by atoms with Gasteiger partial charge in [-0.15, -0.1) is 0 Å². The Hall–Kier alpha value is -2.97. The Labute approximate surface area is 156 Å². The highest BCUT2D eigenvalue weighted by atomic mass is 19.1. The van der Waals surface area contributed by atoms with Crippen molar-refractivity contribution in [3.05, 3.63) is 41.7 Å². The molecule has 1 aliphatic heterocycles. The first-order valence-electron chi connectivity index (χ1n) is 8.86. The highest BCUT2D eigenvalue weighted by molar-refractivity contribution is 5.89. The van der Waals surface area contributed by atoms with Crippen molar-refractivity contribution < 1.29 is 13.6 Å². The van der Waals surface area contributed by atoms with Crippen molar-refractivity contribution in [3.8, 4) is 0 Å². The van der Waals surface area contributed by atoms with Gasteiger partial charge in [-0.1, -0.05) is 6.07 Å². The summed E-state index contributed by atoms with van der Waals surface area (Å²) in [4.78, 5) is 22.8. The van der Waals surface area contributed by atoms with Crippen molar-refractivity contribution in [3.63, 3.8) is 0 Å². The molecule has 2 amide bonds. The third-order valence-electron chi connectivity index (χ3n) is 4.17. The summed E-state index contributed by atoms with van der Waals surface area (Å²) in [5.41, 5.74) is -0.468. The van der Waals surface area contributed by atoms with Crippen LogP contribution in [-0.4, -0.2) is 42.2 Å². The van der Waals surface area contributed by atoms with Gasteiger partial charge < -0.3 is 20.9 Å². The first-order chi connectivity index (χ1) is 13.0. The summed E-state index contributed by atoms with van der Waals surface area (Å²) in [6.07, 6.45) is 2.32. The number of rotatable bonds is 6. The number of carbonyl (C=O) groups is 1. The van der Waals surface area contributed by atoms with Gasteiger partial charge in [0.05, 0.1) is 0 Å². The zero-order valence-corrected chi connectivity index (χ0v) is 15.1. The molecule has 1 aromatic heterocycles. The van der Waals surface area contributed by atoms with E-state index in [4.69, 9.17) is 0 Å². The molecule has 0 atom stereocenters. The lowest BCUT2D eigenvalue weighted by Gasteiger charge is -2.18. The predicted octanol–water partition coefficient (Wildman–Crippen LogP) is 2.90. The summed E-state index contributed by atoms with van der Waals surface area (Å²) >= 11 is 0. The number of nitrogens with one attached hydrogen (secondary N) is 3. The van der Waals surface area contributed by atoms with Crippen molar-refractivity contribution in [2.75, 3.05) is 41.7 Å². The van der Waals surface area contributed by atoms with Gasteiger partial charge in [-0.2, -0.15) is 0 Å². The summed E-state index contributed by atoms with van der Waals surface area (Å²) in [7, 11) is 0. The van der Waals surface area contributed by atoms with Crippen LogP contribution in [0, 0.1) is 18.6 Å². The SMILES string of the molecule is Cc1nc(NCCNC(=O)Nc2c(F)cccc2F)cc(N2CCCC2)n1. The third-order valence-corrected chi connectivity index (χ3v) is 4.17. The lowest BCUT2D eigenvalue weighted by atomic mass is 10.3. The second-order valence-electron chi connectivity index (χ2n) is 6.26. The minimum absolute atomic E-state index is 0.254. The fourth-order valence-electron chi connectivity index (χ4n) is 2.89. The molecule has 0 bridgehead atoms. The van der Waals surface area contributed by atoms with Gasteiger partial charge in [0, 0.05) is 32.2 Å². The van der Waals surface area contributed by atoms with E-state index in [9.17, 15) is 13.6 Å². The van der Waals surface area contributed by atoms with Crippen LogP contribution in [0.1, 0.15) is 18.7 Å². The molecule has 7 nitrogen and oxygen atoms in total. The fourth-order valence-corrected chi connectivity index (χ4v) is 2.89. The molecule has 1 fully saturated rings. The molecule has 1 saturated heterocycles. The number of hydrogen-bond acceptors (Lipinski definition) is 5. The Kier molecular flexibility index (Phi) is 6.00. The zero-order chi connectivity index (χ0) is 19.2. The standard InChI is InChI=1S/C18H22F2N6O/c1-12-23-15(11-16(24-12)26-9-2-3-10-26)21-7-8-22-18(27)25-17-13(19)5-4-6-14(17)20/h4-6,11H,2-3,7-10H2,1H3,(H,21,23,24)(H2,22,25,27). The molecule has 2 aromatic rings. The van der Waals surface area contributed by atoms with Crippen molar-refractivity contribution in [2.45, 2.75) is 19.8 Å². The van der Waals surface area contributed by atoms with Crippen LogP contribution in [0.2, 0.25) is 0 Å². The van der Waals surface area contributed by atoms with Gasteiger partial charge in [0.1, 0.15) is 34.8 Å². The van der Waals surface area contributed by atoms with Crippen molar-refractivity contribution in [1.82, 2.24) is 15.3 Å². The third kappa shape index (κ3) is 5.02. The molecule has 144 valence electrons. The Morgan fingerprint density at radius 3 is 2.56 bits per heavy atom. The number of amides is 2. The fraction of sp³-hybridized carbons (Fsp3) is 0.389. The van der Waals surface area contributed by atoms with Gasteiger partial charge in [-0.3, -0.25) is 0 Å². The van der Waals surface area contributed by atoms with E-state index >= 15 is 0 Å². The molecule has 0 spiro atoms. The molecule has 0 aliphatic carbocycles. The molecule has 2 heterocycles. The summed E-state index contributed by atoms with van der Waals surface area (Å²) in [5, 5.41) is 7.84. The number of halogens is 2. The van der Waals surface area contributed by atoms with Crippen LogP contribution in [0.25, 0.3) is 0 Å². The number of anilines is 3. The van der Waals surface area contributed by atoms with Crippen LogP contribution >= 0.6 is 0 Å². The number of para-hydroxylation sites is 1. The maximum atomic E-state index is 13.5. The summed E-state index contributed by atoms with van der Waals surface area (Å²) < 4.78 is 27.0. The van der Waals surface area contributed by atoms with E-state index in [0.29, 0.717) is 18.2 Å². The van der Waals surface area contributed by atoms with E-state index in [2.05, 4.69) is 30.8 Å². The molecular weight excluding hydrogens is 354 g/mol. The number of aryl methyl sites for hydroxylation is 1. The average Bonchev–Trinajstić information content (AvgIpc) is 3.16. The largest absolute Gasteiger partial charge is 0.368 e.